The molecule has 1 saturated carbocycles. The summed E-state index contributed by atoms with van der Waals surface area (Å²) in [7, 11) is 0. The maximum Gasteiger partial charge on any atom is 0.287 e. The van der Waals surface area contributed by atoms with Crippen LogP contribution in [-0.2, 0) is 13.1 Å². The molecular weight excluding hydrogens is 355 g/mol. The average Bonchev–Trinajstić information content (AvgIpc) is 3.17. The van der Waals surface area contributed by atoms with Gasteiger partial charge in [0.25, 0.3) is 5.91 Å². The summed E-state index contributed by atoms with van der Waals surface area (Å²) in [5, 5.41) is 2.94. The monoisotopic (exact) mass is 387 g/mol. The molecule has 0 saturated heterocycles. The van der Waals surface area contributed by atoms with Gasteiger partial charge in [0.05, 0.1) is 6.04 Å². The lowest BCUT2D eigenvalue weighted by Crippen LogP contribution is -3.13. The van der Waals surface area contributed by atoms with Gasteiger partial charge in [-0.3, -0.25) is 4.79 Å². The predicted octanol–water partition coefficient (Wildman–Crippen LogP) is 3.86. The van der Waals surface area contributed by atoms with Crippen molar-refractivity contribution in [1.82, 2.24) is 5.32 Å². The minimum absolute atomic E-state index is 0.124. The highest BCUT2D eigenvalue weighted by atomic mass is 19.1. The lowest BCUT2D eigenvalue weighted by Gasteiger charge is -2.31. The number of amides is 1. The third-order valence-electron chi connectivity index (χ3n) is 5.78. The van der Waals surface area contributed by atoms with E-state index in [9.17, 15) is 9.18 Å². The highest BCUT2D eigenvalue weighted by Gasteiger charge is 2.26. The fourth-order valence-corrected chi connectivity index (χ4v) is 3.99. The largest absolute Gasteiger partial charge is 0.450 e. The van der Waals surface area contributed by atoms with E-state index >= 15 is 0 Å². The van der Waals surface area contributed by atoms with Gasteiger partial charge in [0.15, 0.2) is 11.5 Å². The molecule has 2 N–H and O–H groups in total. The molecule has 1 heterocycles. The summed E-state index contributed by atoms with van der Waals surface area (Å²) < 4.78 is 19.5. The SMILES string of the molecule is CC[C@H](C)NC(=O)c1ccc(C[NH+](Cc2cccc(F)c2)C2CCCCC2)o1. The molecule has 0 radical (unpaired) electrons. The number of carbonyl (C=O) groups is 1. The predicted molar refractivity (Wildman–Crippen MR) is 108 cm³/mol. The molecule has 5 heteroatoms. The van der Waals surface area contributed by atoms with Gasteiger partial charge in [-0.25, -0.2) is 4.39 Å². The van der Waals surface area contributed by atoms with Crippen LogP contribution in [0.25, 0.3) is 0 Å². The average molecular weight is 388 g/mol. The Labute approximate surface area is 167 Å². The van der Waals surface area contributed by atoms with Gasteiger partial charge in [0.1, 0.15) is 18.9 Å². The fourth-order valence-electron chi connectivity index (χ4n) is 3.99. The summed E-state index contributed by atoms with van der Waals surface area (Å²) in [6, 6.07) is 11.2. The molecule has 0 aliphatic heterocycles. The van der Waals surface area contributed by atoms with Crippen molar-refractivity contribution >= 4 is 5.91 Å². The second kappa shape index (κ2) is 9.87. The van der Waals surface area contributed by atoms with Gasteiger partial charge in [-0.1, -0.05) is 25.5 Å². The van der Waals surface area contributed by atoms with E-state index in [0.717, 1.165) is 24.3 Å². The van der Waals surface area contributed by atoms with Gasteiger partial charge in [-0.15, -0.1) is 0 Å². The molecule has 4 nitrogen and oxygen atoms in total. The van der Waals surface area contributed by atoms with Crippen LogP contribution in [0.15, 0.2) is 40.8 Å². The topological polar surface area (TPSA) is 46.7 Å². The van der Waals surface area contributed by atoms with Crippen LogP contribution in [0.2, 0.25) is 0 Å². The van der Waals surface area contributed by atoms with Crippen LogP contribution >= 0.6 is 0 Å². The molecule has 1 aliphatic rings. The summed E-state index contributed by atoms with van der Waals surface area (Å²) in [4.78, 5) is 13.7. The second-order valence-corrected chi connectivity index (χ2v) is 8.03. The Kier molecular flexibility index (Phi) is 7.26. The zero-order valence-corrected chi connectivity index (χ0v) is 17.0. The van der Waals surface area contributed by atoms with E-state index in [1.807, 2.05) is 26.0 Å². The van der Waals surface area contributed by atoms with Gasteiger partial charge in [0, 0.05) is 11.6 Å². The first-order chi connectivity index (χ1) is 13.5. The van der Waals surface area contributed by atoms with Crippen molar-refractivity contribution in [1.29, 1.82) is 0 Å². The molecule has 1 aromatic heterocycles. The number of hydrogen-bond donors (Lipinski definition) is 2. The molecule has 2 atom stereocenters. The molecule has 0 spiro atoms. The van der Waals surface area contributed by atoms with Gasteiger partial charge in [-0.05, 0) is 63.3 Å². The Morgan fingerprint density at radius 1 is 1.21 bits per heavy atom. The third-order valence-corrected chi connectivity index (χ3v) is 5.78. The first kappa shape index (κ1) is 20.6. The van der Waals surface area contributed by atoms with Crippen molar-refractivity contribution in [3.05, 3.63) is 59.3 Å². The van der Waals surface area contributed by atoms with Crippen molar-refractivity contribution in [3.8, 4) is 0 Å². The molecular formula is C23H32FN2O2+. The number of furan rings is 1. The Morgan fingerprint density at radius 3 is 2.71 bits per heavy atom. The Bertz CT molecular complexity index is 767. The summed E-state index contributed by atoms with van der Waals surface area (Å²) >= 11 is 0. The number of rotatable bonds is 8. The highest BCUT2D eigenvalue weighted by Crippen LogP contribution is 2.17. The highest BCUT2D eigenvalue weighted by molar-refractivity contribution is 5.91. The van der Waals surface area contributed by atoms with Crippen LogP contribution in [0.5, 0.6) is 0 Å². The molecule has 3 rings (SSSR count). The Balaban J connectivity index is 1.71. The van der Waals surface area contributed by atoms with Crippen molar-refractivity contribution in [2.24, 2.45) is 0 Å². The summed E-state index contributed by atoms with van der Waals surface area (Å²) in [5.41, 5.74) is 1.00. The van der Waals surface area contributed by atoms with Crippen LogP contribution in [0.1, 0.15) is 74.3 Å². The minimum Gasteiger partial charge on any atom is -0.450 e. The van der Waals surface area contributed by atoms with Crippen LogP contribution in [0, 0.1) is 5.82 Å². The zero-order chi connectivity index (χ0) is 19.9. The van der Waals surface area contributed by atoms with E-state index in [2.05, 4.69) is 5.32 Å². The minimum atomic E-state index is -0.192. The normalized spacial score (nSPS) is 17.2. The fraction of sp³-hybridized carbons (Fsp3) is 0.522. The van der Waals surface area contributed by atoms with Crippen molar-refractivity contribution in [2.45, 2.75) is 77.5 Å². The third kappa shape index (κ3) is 5.68. The maximum absolute atomic E-state index is 13.6. The van der Waals surface area contributed by atoms with Crippen LogP contribution in [0.3, 0.4) is 0 Å². The lowest BCUT2D eigenvalue weighted by atomic mass is 9.93. The lowest BCUT2D eigenvalue weighted by molar-refractivity contribution is -0.954. The molecule has 28 heavy (non-hydrogen) atoms. The molecule has 152 valence electrons. The van der Waals surface area contributed by atoms with Crippen LogP contribution in [0.4, 0.5) is 4.39 Å². The number of quaternary nitrogens is 1. The summed E-state index contributed by atoms with van der Waals surface area (Å²) in [6.45, 7) is 5.49. The molecule has 1 unspecified atom stereocenters. The quantitative estimate of drug-likeness (QED) is 0.722. The number of halogens is 1. The molecule has 1 aromatic carbocycles. The summed E-state index contributed by atoms with van der Waals surface area (Å²) in [5.74, 6) is 0.822. The molecule has 0 bridgehead atoms. The number of carbonyl (C=O) groups excluding carboxylic acids is 1. The zero-order valence-electron chi connectivity index (χ0n) is 17.0. The molecule has 2 aromatic rings. The second-order valence-electron chi connectivity index (χ2n) is 8.03. The molecule has 1 aliphatic carbocycles. The van der Waals surface area contributed by atoms with E-state index in [1.165, 1.54) is 43.1 Å². The van der Waals surface area contributed by atoms with Crippen molar-refractivity contribution < 1.29 is 18.5 Å². The number of nitrogens with one attached hydrogen (secondary N) is 2. The molecule has 1 amide bonds. The van der Waals surface area contributed by atoms with E-state index in [0.29, 0.717) is 18.3 Å². The first-order valence-electron chi connectivity index (χ1n) is 10.5. The number of hydrogen-bond acceptors (Lipinski definition) is 2. The van der Waals surface area contributed by atoms with Crippen LogP contribution in [-0.4, -0.2) is 18.0 Å². The molecule has 1 fully saturated rings. The smallest absolute Gasteiger partial charge is 0.287 e. The number of benzene rings is 1. The van der Waals surface area contributed by atoms with Gasteiger partial charge < -0.3 is 14.6 Å². The Morgan fingerprint density at radius 2 is 2.00 bits per heavy atom. The van der Waals surface area contributed by atoms with Gasteiger partial charge in [-0.2, -0.15) is 0 Å². The van der Waals surface area contributed by atoms with E-state index in [1.54, 1.807) is 18.2 Å². The van der Waals surface area contributed by atoms with Gasteiger partial charge in [0.2, 0.25) is 0 Å². The summed E-state index contributed by atoms with van der Waals surface area (Å²) in [6.07, 6.45) is 7.05. The Hall–Kier alpha value is -2.14. The van der Waals surface area contributed by atoms with E-state index < -0.39 is 0 Å². The first-order valence-corrected chi connectivity index (χ1v) is 10.5. The van der Waals surface area contributed by atoms with Crippen LogP contribution < -0.4 is 10.2 Å². The van der Waals surface area contributed by atoms with Gasteiger partial charge >= 0.3 is 0 Å². The van der Waals surface area contributed by atoms with E-state index in [-0.39, 0.29) is 17.8 Å². The van der Waals surface area contributed by atoms with Crippen molar-refractivity contribution in [2.75, 3.05) is 0 Å². The van der Waals surface area contributed by atoms with E-state index in [4.69, 9.17) is 4.42 Å². The van der Waals surface area contributed by atoms with Crippen molar-refractivity contribution in [3.63, 3.8) is 0 Å². The standard InChI is InChI=1S/C23H31FN2O2/c1-3-17(2)25-23(27)22-13-12-21(28-22)16-26(20-10-5-4-6-11-20)15-18-8-7-9-19(24)14-18/h7-9,12-14,17,20H,3-6,10-11,15-16H2,1-2H3,(H,25,27)/p+1/t17-/m0/s1. The maximum atomic E-state index is 13.6.